The second-order valence-electron chi connectivity index (χ2n) is 2.57. The number of aliphatic imine (C=N–C) groups is 1. The van der Waals surface area contributed by atoms with Crippen molar-refractivity contribution in [3.05, 3.63) is 11.1 Å². The fourth-order valence-corrected chi connectivity index (χ4v) is 1.80. The van der Waals surface area contributed by atoms with E-state index in [1.807, 2.05) is 6.92 Å². The van der Waals surface area contributed by atoms with Crippen molar-refractivity contribution in [1.29, 1.82) is 0 Å². The van der Waals surface area contributed by atoms with Gasteiger partial charge in [0.1, 0.15) is 5.04 Å². The number of sulfone groups is 1. The van der Waals surface area contributed by atoms with Crippen LogP contribution in [0.4, 0.5) is 0 Å². The Morgan fingerprint density at radius 1 is 1.58 bits per heavy atom. The van der Waals surface area contributed by atoms with Crippen molar-refractivity contribution in [3.8, 4) is 0 Å². The maximum atomic E-state index is 11.1. The van der Waals surface area contributed by atoms with Crippen molar-refractivity contribution < 1.29 is 8.42 Å². The molecule has 0 fully saturated rings. The summed E-state index contributed by atoms with van der Waals surface area (Å²) in [5.41, 5.74) is 0.592. The molecule has 4 nitrogen and oxygen atoms in total. The zero-order valence-corrected chi connectivity index (χ0v) is 7.98. The van der Waals surface area contributed by atoms with Crippen molar-refractivity contribution in [2.24, 2.45) is 4.99 Å². The highest BCUT2D eigenvalue weighted by Gasteiger charge is 2.19. The van der Waals surface area contributed by atoms with Gasteiger partial charge in [-0.25, -0.2) is 13.4 Å². The Hall–Kier alpha value is -0.680. The summed E-state index contributed by atoms with van der Waals surface area (Å²) in [7, 11) is -3.16. The quantitative estimate of drug-likeness (QED) is 0.692. The zero-order valence-electron chi connectivity index (χ0n) is 7.16. The number of likely N-dealkylation sites (N-methyl/N-ethyl adjacent to an activating group) is 1. The second kappa shape index (κ2) is 3.37. The van der Waals surface area contributed by atoms with Gasteiger partial charge in [-0.2, -0.15) is 0 Å². The van der Waals surface area contributed by atoms with E-state index in [0.717, 1.165) is 6.54 Å². The number of hydrogen-bond donors (Lipinski definition) is 1. The smallest absolute Gasteiger partial charge is 0.214 e. The van der Waals surface area contributed by atoms with E-state index in [1.165, 1.54) is 12.3 Å². The maximum Gasteiger partial charge on any atom is 0.214 e. The highest BCUT2D eigenvalue weighted by atomic mass is 32.2. The van der Waals surface area contributed by atoms with E-state index < -0.39 is 9.84 Å². The molecule has 0 aliphatic carbocycles. The zero-order chi connectivity index (χ0) is 9.19. The van der Waals surface area contributed by atoms with Crippen molar-refractivity contribution in [1.82, 2.24) is 5.32 Å². The molecule has 1 aliphatic rings. The molecular formula is C7H12N2O2S. The molecule has 5 heteroatoms. The molecule has 0 aromatic heterocycles. The summed E-state index contributed by atoms with van der Waals surface area (Å²) < 4.78 is 22.2. The minimum atomic E-state index is -3.16. The Bertz CT molecular complexity index is 327. The minimum absolute atomic E-state index is 0.190. The standard InChI is InChI=1S/C7H12N2O2S/c1-3-8-4-7-5-12(10,11)6(2)9-7/h5,8H,3-4H2,1-2H3. The van der Waals surface area contributed by atoms with Gasteiger partial charge in [0.25, 0.3) is 0 Å². The van der Waals surface area contributed by atoms with Gasteiger partial charge in [-0.1, -0.05) is 6.92 Å². The molecule has 68 valence electrons. The molecule has 0 aromatic rings. The third-order valence-electron chi connectivity index (χ3n) is 1.56. The second-order valence-corrected chi connectivity index (χ2v) is 4.48. The lowest BCUT2D eigenvalue weighted by Gasteiger charge is -1.96. The van der Waals surface area contributed by atoms with Gasteiger partial charge in [0.2, 0.25) is 9.84 Å². The van der Waals surface area contributed by atoms with E-state index in [9.17, 15) is 8.42 Å². The molecule has 1 aliphatic heterocycles. The SMILES string of the molecule is CCNCC1=CS(=O)(=O)C(C)=N1. The Kier molecular flexibility index (Phi) is 2.64. The fraction of sp³-hybridized carbons (Fsp3) is 0.571. The maximum absolute atomic E-state index is 11.1. The van der Waals surface area contributed by atoms with Gasteiger partial charge in [-0.3, -0.25) is 0 Å². The van der Waals surface area contributed by atoms with E-state index in [-0.39, 0.29) is 5.04 Å². The van der Waals surface area contributed by atoms with Crippen LogP contribution in [0.15, 0.2) is 16.1 Å². The molecule has 1 heterocycles. The third kappa shape index (κ3) is 1.92. The molecular weight excluding hydrogens is 176 g/mol. The average molecular weight is 188 g/mol. The summed E-state index contributed by atoms with van der Waals surface area (Å²) in [6.45, 7) is 4.80. The van der Waals surface area contributed by atoms with Crippen molar-refractivity contribution in [2.75, 3.05) is 13.1 Å². The van der Waals surface area contributed by atoms with E-state index in [4.69, 9.17) is 0 Å². The summed E-state index contributed by atoms with van der Waals surface area (Å²) >= 11 is 0. The lowest BCUT2D eigenvalue weighted by atomic mass is 10.5. The van der Waals surface area contributed by atoms with Crippen LogP contribution in [0.2, 0.25) is 0 Å². The average Bonchev–Trinajstić information content (AvgIpc) is 2.22. The van der Waals surface area contributed by atoms with E-state index in [1.54, 1.807) is 0 Å². The molecule has 0 saturated heterocycles. The first-order chi connectivity index (χ1) is 5.56. The lowest BCUT2D eigenvalue weighted by Crippen LogP contribution is -2.14. The first-order valence-corrected chi connectivity index (χ1v) is 5.32. The van der Waals surface area contributed by atoms with Crippen LogP contribution >= 0.6 is 0 Å². The highest BCUT2D eigenvalue weighted by Crippen LogP contribution is 2.12. The fourth-order valence-electron chi connectivity index (χ4n) is 0.891. The summed E-state index contributed by atoms with van der Waals surface area (Å²) in [5, 5.41) is 4.41. The number of rotatable bonds is 3. The number of nitrogens with zero attached hydrogens (tertiary/aromatic N) is 1. The van der Waals surface area contributed by atoms with Gasteiger partial charge in [-0.05, 0) is 13.5 Å². The normalized spacial score (nSPS) is 20.5. The molecule has 0 spiro atoms. The molecule has 0 saturated carbocycles. The Morgan fingerprint density at radius 3 is 2.67 bits per heavy atom. The van der Waals surface area contributed by atoms with Crippen LogP contribution in [-0.2, 0) is 9.84 Å². The topological polar surface area (TPSA) is 58.5 Å². The monoisotopic (exact) mass is 188 g/mol. The summed E-state index contributed by atoms with van der Waals surface area (Å²) in [6.07, 6.45) is 0. The third-order valence-corrected chi connectivity index (χ3v) is 3.06. The van der Waals surface area contributed by atoms with Gasteiger partial charge in [-0.15, -0.1) is 0 Å². The largest absolute Gasteiger partial charge is 0.311 e. The predicted molar refractivity (Wildman–Crippen MR) is 48.7 cm³/mol. The van der Waals surface area contributed by atoms with Crippen LogP contribution in [0, 0.1) is 0 Å². The molecule has 0 radical (unpaired) electrons. The van der Waals surface area contributed by atoms with Crippen LogP contribution in [0.5, 0.6) is 0 Å². The Labute approximate surface area is 72.3 Å². The Balaban J connectivity index is 2.73. The van der Waals surface area contributed by atoms with Gasteiger partial charge in [0.15, 0.2) is 0 Å². The first kappa shape index (κ1) is 9.41. The summed E-state index contributed by atoms with van der Waals surface area (Å²) in [6, 6.07) is 0. The predicted octanol–water partition coefficient (Wildman–Crippen LogP) is 0.284. The van der Waals surface area contributed by atoms with Crippen LogP contribution in [0.1, 0.15) is 13.8 Å². The molecule has 12 heavy (non-hydrogen) atoms. The highest BCUT2D eigenvalue weighted by molar-refractivity contribution is 8.09. The van der Waals surface area contributed by atoms with Gasteiger partial charge < -0.3 is 5.32 Å². The van der Waals surface area contributed by atoms with Crippen LogP contribution < -0.4 is 5.32 Å². The summed E-state index contributed by atoms with van der Waals surface area (Å²) in [5.74, 6) is 0. The van der Waals surface area contributed by atoms with Crippen molar-refractivity contribution in [2.45, 2.75) is 13.8 Å². The molecule has 1 N–H and O–H groups in total. The summed E-state index contributed by atoms with van der Waals surface area (Å²) in [4.78, 5) is 3.91. The molecule has 0 bridgehead atoms. The van der Waals surface area contributed by atoms with Gasteiger partial charge >= 0.3 is 0 Å². The first-order valence-electron chi connectivity index (χ1n) is 3.78. The van der Waals surface area contributed by atoms with Crippen molar-refractivity contribution in [3.63, 3.8) is 0 Å². The van der Waals surface area contributed by atoms with Crippen LogP contribution in [0.25, 0.3) is 0 Å². The van der Waals surface area contributed by atoms with Crippen LogP contribution in [-0.4, -0.2) is 26.6 Å². The minimum Gasteiger partial charge on any atom is -0.311 e. The molecule has 0 aromatic carbocycles. The van der Waals surface area contributed by atoms with Crippen molar-refractivity contribution >= 4 is 14.9 Å². The molecule has 0 atom stereocenters. The van der Waals surface area contributed by atoms with Gasteiger partial charge in [0.05, 0.1) is 11.1 Å². The molecule has 0 amide bonds. The van der Waals surface area contributed by atoms with E-state index in [2.05, 4.69) is 10.3 Å². The number of hydrogen-bond acceptors (Lipinski definition) is 4. The van der Waals surface area contributed by atoms with Gasteiger partial charge in [0, 0.05) is 6.54 Å². The Morgan fingerprint density at radius 2 is 2.25 bits per heavy atom. The van der Waals surface area contributed by atoms with E-state index >= 15 is 0 Å². The number of nitrogens with one attached hydrogen (secondary N) is 1. The lowest BCUT2D eigenvalue weighted by molar-refractivity contribution is 0.615. The van der Waals surface area contributed by atoms with Crippen LogP contribution in [0.3, 0.4) is 0 Å². The van der Waals surface area contributed by atoms with E-state index in [0.29, 0.717) is 12.2 Å². The molecule has 1 rings (SSSR count). The molecule has 0 unspecified atom stereocenters.